The van der Waals surface area contributed by atoms with Crippen LogP contribution in [0, 0.1) is 17.3 Å². The molecule has 298 valence electrons. The maximum atomic E-state index is 14.9. The smallest absolute Gasteiger partial charge is 0.276 e. The topological polar surface area (TPSA) is 187 Å². The highest BCUT2D eigenvalue weighted by atomic mass is 19.3. The number of rotatable bonds is 9. The molecule has 57 heavy (non-hydrogen) atoms. The van der Waals surface area contributed by atoms with Crippen LogP contribution in [0.1, 0.15) is 83.4 Å². The van der Waals surface area contributed by atoms with E-state index in [0.29, 0.717) is 50.4 Å². The fourth-order valence-corrected chi connectivity index (χ4v) is 8.30. The monoisotopic (exact) mass is 782 g/mol. The molecule has 0 saturated carbocycles. The first-order valence-electron chi connectivity index (χ1n) is 19.2. The largest absolute Gasteiger partial charge is 0.370 e. The molecule has 4 N–H and O–H groups in total. The van der Waals surface area contributed by atoms with E-state index >= 15 is 0 Å². The van der Waals surface area contributed by atoms with E-state index in [-0.39, 0.29) is 65.9 Å². The van der Waals surface area contributed by atoms with Crippen molar-refractivity contribution in [1.29, 1.82) is 0 Å². The number of imide groups is 1. The molecule has 2 atom stereocenters. The van der Waals surface area contributed by atoms with Crippen molar-refractivity contribution in [3.05, 3.63) is 89.3 Å². The quantitative estimate of drug-likeness (QED) is 0.184. The van der Waals surface area contributed by atoms with Crippen molar-refractivity contribution < 1.29 is 32.8 Å². The molecule has 6 heterocycles. The molecule has 3 aromatic heterocycles. The van der Waals surface area contributed by atoms with E-state index in [9.17, 15) is 32.8 Å². The molecular weight excluding hydrogens is 739 g/mol. The summed E-state index contributed by atoms with van der Waals surface area (Å²) in [7, 11) is 0. The van der Waals surface area contributed by atoms with Crippen molar-refractivity contribution in [3.8, 4) is 0 Å². The van der Waals surface area contributed by atoms with Gasteiger partial charge in [-0.3, -0.25) is 39.1 Å². The number of nitrogens with one attached hydrogen (secondary N) is 4. The number of fused-ring (bicyclic) bond motifs is 1. The standard InChI is InChI=1S/C40H44F2N10O5/c1-39(2)17-31-28(16-40(39,41)42)33(49-48-31)37(56)45-26-18-44-52(22-26)34(23-6-4-3-5-7-23)25-20-51(21-25)38(57)24-12-14-50(15-13-24)27-8-9-29(43-19-27)35(54)46-30-10-11-32(53)47-36(30)55/h3-9,18-19,22,24-25,30,34H,10-17,20-21H2,1-2H3,(H,45,56)(H,46,54)(H,48,49)(H,47,53,55)/t30?,34-/m1/s1. The van der Waals surface area contributed by atoms with E-state index in [1.807, 2.05) is 35.2 Å². The van der Waals surface area contributed by atoms with Gasteiger partial charge in [-0.1, -0.05) is 44.2 Å². The number of carbonyl (C=O) groups excluding carboxylic acids is 5. The molecular formula is C40H44F2N10O5. The fraction of sp³-hybridized carbons (Fsp3) is 0.450. The van der Waals surface area contributed by atoms with Gasteiger partial charge in [0.1, 0.15) is 11.7 Å². The van der Waals surface area contributed by atoms with Crippen molar-refractivity contribution in [2.24, 2.45) is 17.3 Å². The highest BCUT2D eigenvalue weighted by molar-refractivity contribution is 6.04. The third-order valence-electron chi connectivity index (χ3n) is 11.9. The second kappa shape index (κ2) is 14.8. The summed E-state index contributed by atoms with van der Waals surface area (Å²) in [6.45, 7) is 5.39. The van der Waals surface area contributed by atoms with Gasteiger partial charge in [-0.15, -0.1) is 0 Å². The summed E-state index contributed by atoms with van der Waals surface area (Å²) < 4.78 is 31.6. The van der Waals surface area contributed by atoms with Crippen molar-refractivity contribution in [1.82, 2.24) is 40.5 Å². The van der Waals surface area contributed by atoms with Gasteiger partial charge in [0, 0.05) is 80.1 Å². The second-order valence-electron chi connectivity index (χ2n) is 16.1. The molecule has 17 heteroatoms. The minimum atomic E-state index is -2.99. The van der Waals surface area contributed by atoms with Crippen molar-refractivity contribution in [3.63, 3.8) is 0 Å². The Balaban J connectivity index is 0.858. The van der Waals surface area contributed by atoms with Gasteiger partial charge >= 0.3 is 0 Å². The highest BCUT2D eigenvalue weighted by Gasteiger charge is 2.52. The molecule has 8 rings (SSSR count). The first-order chi connectivity index (χ1) is 27.3. The molecule has 1 aliphatic carbocycles. The molecule has 1 unspecified atom stereocenters. The number of amides is 5. The Morgan fingerprint density at radius 3 is 2.40 bits per heavy atom. The minimum Gasteiger partial charge on any atom is -0.370 e. The van der Waals surface area contributed by atoms with Crippen LogP contribution in [0.15, 0.2) is 61.1 Å². The van der Waals surface area contributed by atoms with Crippen LogP contribution >= 0.6 is 0 Å². The van der Waals surface area contributed by atoms with Crippen LogP contribution in [-0.4, -0.2) is 97.5 Å². The number of hydrogen-bond donors (Lipinski definition) is 4. The highest BCUT2D eigenvalue weighted by Crippen LogP contribution is 2.46. The van der Waals surface area contributed by atoms with E-state index in [1.165, 1.54) is 20.0 Å². The Kier molecular flexibility index (Phi) is 9.85. The number of benzene rings is 1. The Hall–Kier alpha value is -6.00. The zero-order chi connectivity index (χ0) is 40.1. The van der Waals surface area contributed by atoms with Crippen molar-refractivity contribution in [2.45, 2.75) is 70.4 Å². The summed E-state index contributed by atoms with van der Waals surface area (Å²) in [6.07, 6.45) is 6.11. The molecule has 0 spiro atoms. The normalized spacial score (nSPS) is 21.2. The van der Waals surface area contributed by atoms with Gasteiger partial charge in [0.25, 0.3) is 17.7 Å². The fourth-order valence-electron chi connectivity index (χ4n) is 8.30. The summed E-state index contributed by atoms with van der Waals surface area (Å²) in [6, 6.07) is 12.2. The SMILES string of the molecule is CC1(C)Cc2[nH]nc(C(=O)Nc3cnn([C@H](c4ccccc4)C4CN(C(=O)C5CCN(c6ccc(C(=O)NC7CCC(=O)NC7=O)nc6)CC5)C4)c3)c2CC1(F)F. The summed E-state index contributed by atoms with van der Waals surface area (Å²) >= 11 is 0. The number of halogens is 2. The molecule has 0 bridgehead atoms. The van der Waals surface area contributed by atoms with Crippen LogP contribution in [0.2, 0.25) is 0 Å². The van der Waals surface area contributed by atoms with E-state index < -0.39 is 41.5 Å². The van der Waals surface area contributed by atoms with Gasteiger partial charge < -0.3 is 20.4 Å². The number of piperidine rings is 2. The average molecular weight is 783 g/mol. The molecule has 0 radical (unpaired) electrons. The minimum absolute atomic E-state index is 0.0471. The Morgan fingerprint density at radius 1 is 0.947 bits per heavy atom. The Labute approximate surface area is 327 Å². The summed E-state index contributed by atoms with van der Waals surface area (Å²) in [4.78, 5) is 71.4. The van der Waals surface area contributed by atoms with Crippen LogP contribution in [0.3, 0.4) is 0 Å². The average Bonchev–Trinajstić information content (AvgIpc) is 3.80. The number of aromatic amines is 1. The van der Waals surface area contributed by atoms with Gasteiger partial charge in [-0.05, 0) is 37.0 Å². The van der Waals surface area contributed by atoms with Crippen LogP contribution in [0.25, 0.3) is 0 Å². The zero-order valence-corrected chi connectivity index (χ0v) is 31.6. The lowest BCUT2D eigenvalue weighted by Crippen LogP contribution is -2.55. The van der Waals surface area contributed by atoms with E-state index in [0.717, 1.165) is 11.3 Å². The number of H-pyrrole nitrogens is 1. The molecule has 4 aliphatic rings. The van der Waals surface area contributed by atoms with Gasteiger partial charge in [0.15, 0.2) is 5.69 Å². The third-order valence-corrected chi connectivity index (χ3v) is 11.9. The van der Waals surface area contributed by atoms with Gasteiger partial charge in [0.2, 0.25) is 17.7 Å². The number of alkyl halides is 2. The molecule has 4 aromatic rings. The molecule has 5 amide bonds. The molecule has 3 fully saturated rings. The number of hydrogen-bond acceptors (Lipinski definition) is 9. The molecule has 15 nitrogen and oxygen atoms in total. The number of likely N-dealkylation sites (tertiary alicyclic amines) is 1. The van der Waals surface area contributed by atoms with Crippen LogP contribution in [0.4, 0.5) is 20.2 Å². The maximum Gasteiger partial charge on any atom is 0.276 e. The lowest BCUT2D eigenvalue weighted by Gasteiger charge is -2.45. The number of nitrogens with zero attached hydrogens (tertiary/aromatic N) is 6. The summed E-state index contributed by atoms with van der Waals surface area (Å²) in [5.74, 6) is -4.91. The lowest BCUT2D eigenvalue weighted by molar-refractivity contribution is -0.143. The lowest BCUT2D eigenvalue weighted by atomic mass is 9.73. The molecule has 1 aromatic carbocycles. The maximum absolute atomic E-state index is 14.9. The van der Waals surface area contributed by atoms with Gasteiger partial charge in [0.05, 0.1) is 29.8 Å². The molecule has 3 aliphatic heterocycles. The van der Waals surface area contributed by atoms with E-state index in [4.69, 9.17) is 0 Å². The number of aromatic nitrogens is 5. The number of carbonyl (C=O) groups is 5. The first-order valence-corrected chi connectivity index (χ1v) is 19.2. The van der Waals surface area contributed by atoms with Crippen molar-refractivity contribution >= 4 is 40.9 Å². The van der Waals surface area contributed by atoms with Crippen molar-refractivity contribution in [2.75, 3.05) is 36.4 Å². The Bertz CT molecular complexity index is 2190. The van der Waals surface area contributed by atoms with Crippen LogP contribution in [-0.2, 0) is 27.2 Å². The second-order valence-corrected chi connectivity index (χ2v) is 16.1. The third kappa shape index (κ3) is 7.49. The van der Waals surface area contributed by atoms with Gasteiger partial charge in [-0.25, -0.2) is 13.8 Å². The number of anilines is 2. The first kappa shape index (κ1) is 37.9. The summed E-state index contributed by atoms with van der Waals surface area (Å²) in [5.41, 5.74) is 1.88. The predicted molar refractivity (Wildman–Crippen MR) is 202 cm³/mol. The number of pyridine rings is 1. The zero-order valence-electron chi connectivity index (χ0n) is 31.6. The Morgan fingerprint density at radius 2 is 1.70 bits per heavy atom. The predicted octanol–water partition coefficient (Wildman–Crippen LogP) is 3.51. The summed E-state index contributed by atoms with van der Waals surface area (Å²) in [5, 5.41) is 19.1. The van der Waals surface area contributed by atoms with Gasteiger partial charge in [-0.2, -0.15) is 10.2 Å². The van der Waals surface area contributed by atoms with Crippen LogP contribution < -0.4 is 20.9 Å². The van der Waals surface area contributed by atoms with E-state index in [2.05, 4.69) is 41.1 Å². The van der Waals surface area contributed by atoms with Crippen LogP contribution in [0.5, 0.6) is 0 Å². The van der Waals surface area contributed by atoms with E-state index in [1.54, 1.807) is 29.2 Å². The molecule has 3 saturated heterocycles.